The summed E-state index contributed by atoms with van der Waals surface area (Å²) in [4.78, 5) is 0. The van der Waals surface area contributed by atoms with E-state index < -0.39 is 6.10 Å². The van der Waals surface area contributed by atoms with Crippen molar-refractivity contribution < 1.29 is 14.6 Å². The number of benzene rings is 1. The van der Waals surface area contributed by atoms with Crippen LogP contribution in [-0.4, -0.2) is 30.5 Å². The number of hydrogen-bond acceptors (Lipinski definition) is 3. The van der Waals surface area contributed by atoms with Crippen LogP contribution in [0.15, 0.2) is 30.3 Å². The van der Waals surface area contributed by atoms with Crippen LogP contribution in [0.5, 0.6) is 0 Å². The Labute approximate surface area is 110 Å². The number of aliphatic hydroxyl groups excluding tert-OH is 1. The minimum Gasteiger partial charge on any atom is -0.388 e. The minimum atomic E-state index is -0.564. The van der Waals surface area contributed by atoms with Crippen molar-refractivity contribution in [3.63, 3.8) is 0 Å². The molecule has 0 heterocycles. The van der Waals surface area contributed by atoms with Crippen LogP contribution in [0.2, 0.25) is 0 Å². The topological polar surface area (TPSA) is 38.7 Å². The van der Waals surface area contributed by atoms with Crippen molar-refractivity contribution >= 4 is 0 Å². The third kappa shape index (κ3) is 6.15. The summed E-state index contributed by atoms with van der Waals surface area (Å²) in [5.74, 6) is 0. The molecule has 0 aliphatic heterocycles. The Bertz CT molecular complexity index is 300. The molecule has 0 unspecified atom stereocenters. The normalized spacial score (nSPS) is 14.4. The predicted molar refractivity (Wildman–Crippen MR) is 72.4 cm³/mol. The molecule has 0 amide bonds. The molecule has 0 fully saturated rings. The van der Waals surface area contributed by atoms with Gasteiger partial charge in [0.05, 0.1) is 19.3 Å². The summed E-state index contributed by atoms with van der Waals surface area (Å²) in [7, 11) is 0. The van der Waals surface area contributed by atoms with Gasteiger partial charge < -0.3 is 14.6 Å². The van der Waals surface area contributed by atoms with Crippen molar-refractivity contribution in [2.24, 2.45) is 0 Å². The Balaban J connectivity index is 2.17. The van der Waals surface area contributed by atoms with Gasteiger partial charge in [0.25, 0.3) is 0 Å². The molecule has 1 aromatic carbocycles. The molecule has 0 aromatic heterocycles. The standard InChI is InChI=1S/C15H24O3/c1-3-4-10-17-12-15(16)13(2)18-11-14-8-6-5-7-9-14/h5-9,13,15-16H,3-4,10-12H2,1-2H3/t13-,15-/m0/s1. The molecule has 0 saturated heterocycles. The van der Waals surface area contributed by atoms with Crippen LogP contribution >= 0.6 is 0 Å². The first-order valence-electron chi connectivity index (χ1n) is 6.65. The molecule has 2 atom stereocenters. The Morgan fingerprint density at radius 3 is 2.61 bits per heavy atom. The first-order chi connectivity index (χ1) is 8.74. The van der Waals surface area contributed by atoms with Crippen LogP contribution in [0.4, 0.5) is 0 Å². The van der Waals surface area contributed by atoms with E-state index >= 15 is 0 Å². The zero-order valence-electron chi connectivity index (χ0n) is 11.3. The Morgan fingerprint density at radius 1 is 1.22 bits per heavy atom. The number of unbranched alkanes of at least 4 members (excludes halogenated alkanes) is 1. The maximum atomic E-state index is 9.85. The van der Waals surface area contributed by atoms with Crippen LogP contribution in [0.1, 0.15) is 32.3 Å². The fourth-order valence-electron chi connectivity index (χ4n) is 1.50. The van der Waals surface area contributed by atoms with Crippen molar-refractivity contribution in [3.05, 3.63) is 35.9 Å². The fraction of sp³-hybridized carbons (Fsp3) is 0.600. The van der Waals surface area contributed by atoms with Crippen LogP contribution < -0.4 is 0 Å². The van der Waals surface area contributed by atoms with E-state index in [1.54, 1.807) is 0 Å². The maximum absolute atomic E-state index is 9.85. The van der Waals surface area contributed by atoms with Gasteiger partial charge in [-0.05, 0) is 18.9 Å². The zero-order chi connectivity index (χ0) is 13.2. The number of aliphatic hydroxyl groups is 1. The fourth-order valence-corrected chi connectivity index (χ4v) is 1.50. The molecule has 1 aromatic rings. The largest absolute Gasteiger partial charge is 0.388 e. The average Bonchev–Trinajstić information content (AvgIpc) is 2.42. The van der Waals surface area contributed by atoms with Gasteiger partial charge in [-0.1, -0.05) is 43.7 Å². The summed E-state index contributed by atoms with van der Waals surface area (Å²) in [6.45, 7) is 5.56. The second-order valence-corrected chi connectivity index (χ2v) is 4.50. The van der Waals surface area contributed by atoms with E-state index in [9.17, 15) is 5.11 Å². The molecular formula is C15H24O3. The summed E-state index contributed by atoms with van der Waals surface area (Å²) in [5.41, 5.74) is 1.11. The third-order valence-electron chi connectivity index (χ3n) is 2.83. The average molecular weight is 252 g/mol. The van der Waals surface area contributed by atoms with Crippen LogP contribution in [0.3, 0.4) is 0 Å². The number of ether oxygens (including phenoxy) is 2. The lowest BCUT2D eigenvalue weighted by Crippen LogP contribution is -2.30. The molecule has 0 aliphatic rings. The van der Waals surface area contributed by atoms with E-state index in [0.717, 1.165) is 18.4 Å². The Morgan fingerprint density at radius 2 is 1.94 bits per heavy atom. The van der Waals surface area contributed by atoms with Crippen molar-refractivity contribution in [3.8, 4) is 0 Å². The van der Waals surface area contributed by atoms with Gasteiger partial charge in [-0.25, -0.2) is 0 Å². The molecule has 18 heavy (non-hydrogen) atoms. The highest BCUT2D eigenvalue weighted by atomic mass is 16.5. The van der Waals surface area contributed by atoms with Crippen molar-refractivity contribution in [2.75, 3.05) is 13.2 Å². The Kier molecular flexibility index (Phi) is 7.65. The molecule has 0 bridgehead atoms. The van der Waals surface area contributed by atoms with E-state index in [1.807, 2.05) is 37.3 Å². The first-order valence-corrected chi connectivity index (χ1v) is 6.65. The van der Waals surface area contributed by atoms with Gasteiger partial charge in [-0.15, -0.1) is 0 Å². The van der Waals surface area contributed by atoms with Gasteiger partial charge in [0.15, 0.2) is 0 Å². The van der Waals surface area contributed by atoms with Crippen LogP contribution in [-0.2, 0) is 16.1 Å². The highest BCUT2D eigenvalue weighted by molar-refractivity contribution is 5.13. The second kappa shape index (κ2) is 9.09. The van der Waals surface area contributed by atoms with Gasteiger partial charge in [-0.3, -0.25) is 0 Å². The summed E-state index contributed by atoms with van der Waals surface area (Å²) in [6, 6.07) is 9.96. The lowest BCUT2D eigenvalue weighted by atomic mass is 10.2. The van der Waals surface area contributed by atoms with Crippen molar-refractivity contribution in [1.29, 1.82) is 0 Å². The zero-order valence-corrected chi connectivity index (χ0v) is 11.3. The lowest BCUT2D eigenvalue weighted by molar-refractivity contribution is -0.0698. The van der Waals surface area contributed by atoms with Gasteiger partial charge in [0, 0.05) is 6.61 Å². The van der Waals surface area contributed by atoms with E-state index in [1.165, 1.54) is 0 Å². The molecular weight excluding hydrogens is 228 g/mol. The number of rotatable bonds is 9. The Hall–Kier alpha value is -0.900. The molecule has 0 radical (unpaired) electrons. The molecule has 0 aliphatic carbocycles. The monoisotopic (exact) mass is 252 g/mol. The molecule has 3 heteroatoms. The molecule has 1 N–H and O–H groups in total. The SMILES string of the molecule is CCCCOC[C@H](O)[C@H](C)OCc1ccccc1. The third-order valence-corrected chi connectivity index (χ3v) is 2.83. The molecule has 0 saturated carbocycles. The smallest absolute Gasteiger partial charge is 0.103 e. The molecule has 3 nitrogen and oxygen atoms in total. The first kappa shape index (κ1) is 15.2. The van der Waals surface area contributed by atoms with Gasteiger partial charge >= 0.3 is 0 Å². The van der Waals surface area contributed by atoms with Gasteiger partial charge in [-0.2, -0.15) is 0 Å². The summed E-state index contributed by atoms with van der Waals surface area (Å²) in [5, 5.41) is 9.85. The maximum Gasteiger partial charge on any atom is 0.103 e. The quantitative estimate of drug-likeness (QED) is 0.687. The van der Waals surface area contributed by atoms with Crippen molar-refractivity contribution in [2.45, 2.75) is 45.5 Å². The predicted octanol–water partition coefficient (Wildman–Crippen LogP) is 2.77. The summed E-state index contributed by atoms with van der Waals surface area (Å²) >= 11 is 0. The van der Waals surface area contributed by atoms with Crippen LogP contribution in [0, 0.1) is 0 Å². The van der Waals surface area contributed by atoms with Crippen molar-refractivity contribution in [1.82, 2.24) is 0 Å². The molecule has 102 valence electrons. The van der Waals surface area contributed by atoms with E-state index in [2.05, 4.69) is 6.92 Å². The highest BCUT2D eigenvalue weighted by Crippen LogP contribution is 2.06. The van der Waals surface area contributed by atoms with Gasteiger partial charge in [0.2, 0.25) is 0 Å². The lowest BCUT2D eigenvalue weighted by Gasteiger charge is -2.19. The minimum absolute atomic E-state index is 0.216. The second-order valence-electron chi connectivity index (χ2n) is 4.50. The summed E-state index contributed by atoms with van der Waals surface area (Å²) < 4.78 is 11.0. The van der Waals surface area contributed by atoms with Gasteiger partial charge in [0.1, 0.15) is 6.10 Å². The van der Waals surface area contributed by atoms with E-state index in [0.29, 0.717) is 19.8 Å². The molecule has 1 rings (SSSR count). The van der Waals surface area contributed by atoms with E-state index in [4.69, 9.17) is 9.47 Å². The van der Waals surface area contributed by atoms with Crippen LogP contribution in [0.25, 0.3) is 0 Å². The highest BCUT2D eigenvalue weighted by Gasteiger charge is 2.14. The molecule has 0 spiro atoms. The van der Waals surface area contributed by atoms with E-state index in [-0.39, 0.29) is 6.10 Å². The summed E-state index contributed by atoms with van der Waals surface area (Å²) in [6.07, 6.45) is 1.36. The number of hydrogen-bond donors (Lipinski definition) is 1.